The molecular weight excluding hydrogens is 414 g/mol. The smallest absolute Gasteiger partial charge is 0.410 e. The van der Waals surface area contributed by atoms with E-state index in [9.17, 15) is 4.79 Å². The summed E-state index contributed by atoms with van der Waals surface area (Å²) < 4.78 is 19.1. The summed E-state index contributed by atoms with van der Waals surface area (Å²) in [6.45, 7) is 14.9. The minimum atomic E-state index is -0.460. The van der Waals surface area contributed by atoms with Crippen LogP contribution >= 0.6 is 0 Å². The third-order valence-corrected chi connectivity index (χ3v) is 7.87. The standard InChI is InChI=1S/C28H43NO4/c1-20(2)10-9-13-27(6)22-18-28(14-16-29(17-15-28)25(30)33-26(3,4)5)19-31-24(22)21-11-7-8-12-23(21)32-27/h7-8,11-12,20,22,24H,9-10,13-19H2,1-6H3/t22-,24+,27+/m0/s1. The molecule has 2 fully saturated rings. The number of fused-ring (bicyclic) bond motifs is 3. The van der Waals surface area contributed by atoms with E-state index in [1.165, 1.54) is 18.4 Å². The van der Waals surface area contributed by atoms with E-state index >= 15 is 0 Å². The number of ether oxygens (including phenoxy) is 3. The lowest BCUT2D eigenvalue weighted by Crippen LogP contribution is -2.56. The lowest BCUT2D eigenvalue weighted by Gasteiger charge is -2.55. The number of piperidine rings is 1. The summed E-state index contributed by atoms with van der Waals surface area (Å²) in [4.78, 5) is 14.5. The van der Waals surface area contributed by atoms with Crippen molar-refractivity contribution in [3.63, 3.8) is 0 Å². The first kappa shape index (κ1) is 24.4. The molecule has 0 bridgehead atoms. The van der Waals surface area contributed by atoms with Crippen LogP contribution in [0.15, 0.2) is 24.3 Å². The Morgan fingerprint density at radius 2 is 1.91 bits per heavy atom. The summed E-state index contributed by atoms with van der Waals surface area (Å²) >= 11 is 0. The number of hydrogen-bond acceptors (Lipinski definition) is 4. The summed E-state index contributed by atoms with van der Waals surface area (Å²) in [6, 6.07) is 8.42. The van der Waals surface area contributed by atoms with Gasteiger partial charge in [-0.15, -0.1) is 0 Å². The summed E-state index contributed by atoms with van der Waals surface area (Å²) in [5.41, 5.74) is 0.612. The number of benzene rings is 1. The number of carbonyl (C=O) groups excluding carboxylic acids is 1. The summed E-state index contributed by atoms with van der Waals surface area (Å²) in [5.74, 6) is 2.01. The fourth-order valence-corrected chi connectivity index (χ4v) is 5.93. The Labute approximate surface area is 200 Å². The van der Waals surface area contributed by atoms with Gasteiger partial charge >= 0.3 is 6.09 Å². The minimum Gasteiger partial charge on any atom is -0.487 e. The van der Waals surface area contributed by atoms with Crippen molar-refractivity contribution in [2.45, 2.75) is 97.4 Å². The molecule has 3 atom stereocenters. The Balaban J connectivity index is 1.50. The van der Waals surface area contributed by atoms with Gasteiger partial charge in [0.1, 0.15) is 17.0 Å². The zero-order valence-electron chi connectivity index (χ0n) is 21.5. The molecule has 0 unspecified atom stereocenters. The quantitative estimate of drug-likeness (QED) is 0.501. The fraction of sp³-hybridized carbons (Fsp3) is 0.750. The van der Waals surface area contributed by atoms with Crippen LogP contribution in [0.1, 0.15) is 91.7 Å². The molecule has 33 heavy (non-hydrogen) atoms. The SMILES string of the molecule is CC(C)CCC[C@@]1(C)Oc2ccccc2[C@H]2OCC3(CCN(C(=O)OC(C)(C)C)CC3)C[C@@H]21. The highest BCUT2D eigenvalue weighted by Gasteiger charge is 2.54. The number of likely N-dealkylation sites (tertiary alicyclic amines) is 1. The molecule has 184 valence electrons. The van der Waals surface area contributed by atoms with E-state index < -0.39 is 5.60 Å². The Kier molecular flexibility index (Phi) is 6.74. The van der Waals surface area contributed by atoms with Crippen LogP contribution in [0, 0.1) is 17.3 Å². The molecule has 0 radical (unpaired) electrons. The predicted molar refractivity (Wildman–Crippen MR) is 130 cm³/mol. The van der Waals surface area contributed by atoms with E-state index in [0.29, 0.717) is 11.8 Å². The molecule has 5 heteroatoms. The van der Waals surface area contributed by atoms with Crippen molar-refractivity contribution in [1.82, 2.24) is 4.90 Å². The maximum Gasteiger partial charge on any atom is 0.410 e. The van der Waals surface area contributed by atoms with Crippen LogP contribution in [0.5, 0.6) is 5.75 Å². The Morgan fingerprint density at radius 3 is 2.58 bits per heavy atom. The highest BCUT2D eigenvalue weighted by molar-refractivity contribution is 5.68. The molecule has 5 nitrogen and oxygen atoms in total. The van der Waals surface area contributed by atoms with E-state index in [1.807, 2.05) is 25.7 Å². The van der Waals surface area contributed by atoms with Crippen molar-refractivity contribution in [2.24, 2.45) is 17.3 Å². The van der Waals surface area contributed by atoms with Gasteiger partial charge in [0.15, 0.2) is 0 Å². The second kappa shape index (κ2) is 9.13. The molecule has 2 saturated heterocycles. The van der Waals surface area contributed by atoms with Crippen LogP contribution in [0.2, 0.25) is 0 Å². The minimum absolute atomic E-state index is 0.0912. The van der Waals surface area contributed by atoms with Crippen LogP contribution in [0.3, 0.4) is 0 Å². The third kappa shape index (κ3) is 5.34. The van der Waals surface area contributed by atoms with Crippen molar-refractivity contribution in [3.05, 3.63) is 29.8 Å². The van der Waals surface area contributed by atoms with E-state index in [2.05, 4.69) is 45.0 Å². The zero-order chi connectivity index (χ0) is 23.9. The van der Waals surface area contributed by atoms with Gasteiger partial charge in [0.05, 0.1) is 12.7 Å². The summed E-state index contributed by atoms with van der Waals surface area (Å²) in [7, 11) is 0. The number of carbonyl (C=O) groups is 1. The highest BCUT2D eigenvalue weighted by atomic mass is 16.6. The zero-order valence-corrected chi connectivity index (χ0v) is 21.5. The molecule has 3 aliphatic heterocycles. The summed E-state index contributed by atoms with van der Waals surface area (Å²) in [5, 5.41) is 0. The molecule has 0 saturated carbocycles. The maximum atomic E-state index is 12.6. The van der Waals surface area contributed by atoms with Gasteiger partial charge < -0.3 is 19.1 Å². The first-order valence-corrected chi connectivity index (χ1v) is 12.9. The van der Waals surface area contributed by atoms with E-state index in [0.717, 1.165) is 51.1 Å². The average Bonchev–Trinajstić information content (AvgIpc) is 2.73. The third-order valence-electron chi connectivity index (χ3n) is 7.87. The van der Waals surface area contributed by atoms with Crippen LogP contribution in [-0.4, -0.2) is 41.9 Å². The van der Waals surface area contributed by atoms with Gasteiger partial charge in [-0.1, -0.05) is 38.5 Å². The molecule has 0 N–H and O–H groups in total. The van der Waals surface area contributed by atoms with Crippen LogP contribution in [-0.2, 0) is 9.47 Å². The molecule has 0 aromatic heterocycles. The van der Waals surface area contributed by atoms with Crippen molar-refractivity contribution in [1.29, 1.82) is 0 Å². The molecular formula is C28H43NO4. The van der Waals surface area contributed by atoms with Crippen LogP contribution in [0.4, 0.5) is 4.79 Å². The maximum absolute atomic E-state index is 12.6. The second-order valence-electron chi connectivity index (χ2n) is 12.2. The normalized spacial score (nSPS) is 28.8. The highest BCUT2D eigenvalue weighted by Crippen LogP contribution is 2.56. The van der Waals surface area contributed by atoms with Gasteiger partial charge in [0.25, 0.3) is 0 Å². The monoisotopic (exact) mass is 457 g/mol. The number of amides is 1. The van der Waals surface area contributed by atoms with Crippen molar-refractivity contribution >= 4 is 6.09 Å². The van der Waals surface area contributed by atoms with Gasteiger partial charge in [0, 0.05) is 24.6 Å². The van der Waals surface area contributed by atoms with Crippen molar-refractivity contribution in [2.75, 3.05) is 19.7 Å². The lowest BCUT2D eigenvalue weighted by molar-refractivity contribution is -0.180. The van der Waals surface area contributed by atoms with Crippen LogP contribution < -0.4 is 4.74 Å². The van der Waals surface area contributed by atoms with Gasteiger partial charge in [-0.2, -0.15) is 0 Å². The number of rotatable bonds is 4. The number of nitrogens with zero attached hydrogens (tertiary/aromatic N) is 1. The number of hydrogen-bond donors (Lipinski definition) is 0. The van der Waals surface area contributed by atoms with E-state index in [-0.39, 0.29) is 23.2 Å². The Bertz CT molecular complexity index is 837. The Morgan fingerprint density at radius 1 is 1.21 bits per heavy atom. The Hall–Kier alpha value is -1.75. The molecule has 3 heterocycles. The van der Waals surface area contributed by atoms with Gasteiger partial charge in [0.2, 0.25) is 0 Å². The molecule has 3 aliphatic rings. The molecule has 0 aliphatic carbocycles. The molecule has 1 spiro atoms. The molecule has 1 aromatic carbocycles. The van der Waals surface area contributed by atoms with Gasteiger partial charge in [-0.3, -0.25) is 0 Å². The van der Waals surface area contributed by atoms with E-state index in [1.54, 1.807) is 0 Å². The first-order valence-electron chi connectivity index (χ1n) is 12.9. The molecule has 1 amide bonds. The van der Waals surface area contributed by atoms with Crippen LogP contribution in [0.25, 0.3) is 0 Å². The van der Waals surface area contributed by atoms with Crippen molar-refractivity contribution < 1.29 is 19.0 Å². The second-order valence-corrected chi connectivity index (χ2v) is 12.2. The summed E-state index contributed by atoms with van der Waals surface area (Å²) in [6.07, 6.45) is 6.33. The van der Waals surface area contributed by atoms with Gasteiger partial charge in [-0.25, -0.2) is 4.79 Å². The molecule has 4 rings (SSSR count). The molecule has 1 aromatic rings. The van der Waals surface area contributed by atoms with Crippen molar-refractivity contribution in [3.8, 4) is 5.75 Å². The predicted octanol–water partition coefficient (Wildman–Crippen LogP) is 6.76. The largest absolute Gasteiger partial charge is 0.487 e. The van der Waals surface area contributed by atoms with E-state index in [4.69, 9.17) is 14.2 Å². The van der Waals surface area contributed by atoms with Gasteiger partial charge in [-0.05, 0) is 77.2 Å². The number of para-hydroxylation sites is 1. The first-order chi connectivity index (χ1) is 15.5. The lowest BCUT2D eigenvalue weighted by atomic mass is 9.63. The fourth-order valence-electron chi connectivity index (χ4n) is 5.93. The average molecular weight is 458 g/mol. The topological polar surface area (TPSA) is 48.0 Å².